The molecular weight excluding hydrogens is 285 g/mol. The minimum atomic E-state index is -4.11. The van der Waals surface area contributed by atoms with E-state index >= 15 is 0 Å². The number of aliphatic hydroxyl groups excluding tert-OH is 1. The summed E-state index contributed by atoms with van der Waals surface area (Å²) in [6, 6.07) is -0.482. The molecule has 7 heteroatoms. The Bertz CT molecular complexity index is 355. The van der Waals surface area contributed by atoms with Gasteiger partial charge in [-0.15, -0.1) is 0 Å². The minimum Gasteiger partial charge on any atom is -0.393 e. The number of amides is 2. The molecule has 2 saturated carbocycles. The molecule has 2 aliphatic rings. The molecule has 0 aromatic carbocycles. The smallest absolute Gasteiger partial charge is 0.391 e. The van der Waals surface area contributed by atoms with Gasteiger partial charge in [0.15, 0.2) is 0 Å². The van der Waals surface area contributed by atoms with Crippen LogP contribution in [0.4, 0.5) is 18.0 Å². The van der Waals surface area contributed by atoms with Crippen LogP contribution in [0.5, 0.6) is 0 Å². The number of halogens is 3. The van der Waals surface area contributed by atoms with Crippen molar-refractivity contribution in [3.8, 4) is 0 Å². The van der Waals surface area contributed by atoms with Crippen LogP contribution in [-0.4, -0.2) is 36.0 Å². The first-order valence-electron chi connectivity index (χ1n) is 7.63. The molecule has 0 saturated heterocycles. The molecule has 0 heterocycles. The summed E-state index contributed by atoms with van der Waals surface area (Å²) in [6.07, 6.45) is -1.08. The topological polar surface area (TPSA) is 61.4 Å². The Morgan fingerprint density at radius 2 is 1.76 bits per heavy atom. The first-order chi connectivity index (χ1) is 9.84. The van der Waals surface area contributed by atoms with E-state index in [2.05, 4.69) is 10.6 Å². The van der Waals surface area contributed by atoms with Gasteiger partial charge in [-0.25, -0.2) is 4.79 Å². The van der Waals surface area contributed by atoms with E-state index in [1.54, 1.807) is 0 Å². The molecule has 4 nitrogen and oxygen atoms in total. The number of hydrogen-bond donors (Lipinski definition) is 3. The fourth-order valence-electron chi connectivity index (χ4n) is 3.27. The zero-order valence-corrected chi connectivity index (χ0v) is 12.0. The van der Waals surface area contributed by atoms with Crippen LogP contribution in [-0.2, 0) is 0 Å². The van der Waals surface area contributed by atoms with E-state index in [1.165, 1.54) is 0 Å². The Morgan fingerprint density at radius 3 is 2.29 bits per heavy atom. The summed E-state index contributed by atoms with van der Waals surface area (Å²) in [7, 11) is 0. The van der Waals surface area contributed by atoms with E-state index in [-0.39, 0.29) is 31.0 Å². The first kappa shape index (κ1) is 16.4. The molecule has 0 bridgehead atoms. The van der Waals surface area contributed by atoms with Gasteiger partial charge < -0.3 is 15.7 Å². The monoisotopic (exact) mass is 308 g/mol. The molecule has 21 heavy (non-hydrogen) atoms. The Morgan fingerprint density at radius 1 is 1.10 bits per heavy atom. The lowest BCUT2D eigenvalue weighted by atomic mass is 9.86. The first-order valence-corrected chi connectivity index (χ1v) is 7.63. The van der Waals surface area contributed by atoms with Gasteiger partial charge in [0, 0.05) is 12.6 Å². The molecule has 2 amide bonds. The van der Waals surface area contributed by atoms with E-state index in [4.69, 9.17) is 0 Å². The van der Waals surface area contributed by atoms with Crippen molar-refractivity contribution < 1.29 is 23.1 Å². The summed E-state index contributed by atoms with van der Waals surface area (Å²) < 4.78 is 37.6. The second kappa shape index (κ2) is 6.85. The average Bonchev–Trinajstić information content (AvgIpc) is 2.82. The molecule has 122 valence electrons. The molecule has 0 aliphatic heterocycles. The SMILES string of the molecule is O=C(NC[C@H]1CC[C@H](O)C1)NC1CCC(C(F)(F)F)CC1. The number of urea groups is 1. The lowest BCUT2D eigenvalue weighted by Gasteiger charge is -2.30. The standard InChI is InChI=1S/C14H23F3N2O2/c15-14(16,17)10-2-4-11(5-3-10)19-13(21)18-8-9-1-6-12(20)7-9/h9-12,20H,1-8H2,(H2,18,19,21)/t9-,10?,11?,12-/m0/s1. The van der Waals surface area contributed by atoms with Crippen LogP contribution in [0.15, 0.2) is 0 Å². The van der Waals surface area contributed by atoms with Gasteiger partial charge in [-0.3, -0.25) is 0 Å². The molecule has 3 N–H and O–H groups in total. The number of hydrogen-bond acceptors (Lipinski definition) is 2. The maximum atomic E-state index is 12.5. The summed E-state index contributed by atoms with van der Waals surface area (Å²) in [6.45, 7) is 0.515. The van der Waals surface area contributed by atoms with Crippen LogP contribution in [0.2, 0.25) is 0 Å². The number of aliphatic hydroxyl groups is 1. The van der Waals surface area contributed by atoms with E-state index in [0.29, 0.717) is 31.7 Å². The number of nitrogens with one attached hydrogen (secondary N) is 2. The average molecular weight is 308 g/mol. The van der Waals surface area contributed by atoms with Crippen molar-refractivity contribution in [2.45, 2.75) is 63.3 Å². The third-order valence-corrected chi connectivity index (χ3v) is 4.59. The third kappa shape index (κ3) is 5.05. The minimum absolute atomic E-state index is 0.0866. The van der Waals surface area contributed by atoms with Crippen LogP contribution in [0.3, 0.4) is 0 Å². The number of carbonyl (C=O) groups is 1. The predicted molar refractivity (Wildman–Crippen MR) is 71.7 cm³/mol. The number of carbonyl (C=O) groups excluding carboxylic acids is 1. The van der Waals surface area contributed by atoms with Crippen molar-refractivity contribution in [1.29, 1.82) is 0 Å². The number of rotatable bonds is 3. The summed E-state index contributed by atoms with van der Waals surface area (Å²) in [4.78, 5) is 11.7. The number of alkyl halides is 3. The highest BCUT2D eigenvalue weighted by molar-refractivity contribution is 5.74. The zero-order valence-electron chi connectivity index (χ0n) is 12.0. The van der Waals surface area contributed by atoms with E-state index in [9.17, 15) is 23.1 Å². The molecule has 2 fully saturated rings. The summed E-state index contributed by atoms with van der Waals surface area (Å²) >= 11 is 0. The molecule has 0 aromatic rings. The van der Waals surface area contributed by atoms with Crippen molar-refractivity contribution in [3.05, 3.63) is 0 Å². The summed E-state index contributed by atoms with van der Waals surface area (Å²) in [5.74, 6) is -0.926. The van der Waals surface area contributed by atoms with Crippen molar-refractivity contribution in [3.63, 3.8) is 0 Å². The van der Waals surface area contributed by atoms with Gasteiger partial charge in [-0.2, -0.15) is 13.2 Å². The largest absolute Gasteiger partial charge is 0.393 e. The predicted octanol–water partition coefficient (Wildman–Crippen LogP) is 2.57. The second-order valence-corrected chi connectivity index (χ2v) is 6.28. The fourth-order valence-corrected chi connectivity index (χ4v) is 3.27. The van der Waals surface area contributed by atoms with E-state index in [0.717, 1.165) is 12.8 Å². The van der Waals surface area contributed by atoms with Crippen molar-refractivity contribution >= 4 is 6.03 Å². The molecule has 2 rings (SSSR count). The van der Waals surface area contributed by atoms with Gasteiger partial charge in [-0.05, 0) is 50.9 Å². The van der Waals surface area contributed by atoms with Crippen LogP contribution < -0.4 is 10.6 Å². The van der Waals surface area contributed by atoms with Crippen molar-refractivity contribution in [2.75, 3.05) is 6.54 Å². The van der Waals surface area contributed by atoms with Gasteiger partial charge >= 0.3 is 12.2 Å². The highest BCUT2D eigenvalue weighted by Crippen LogP contribution is 2.37. The van der Waals surface area contributed by atoms with E-state index in [1.807, 2.05) is 0 Å². The third-order valence-electron chi connectivity index (χ3n) is 4.59. The fraction of sp³-hybridized carbons (Fsp3) is 0.929. The molecule has 0 spiro atoms. The summed E-state index contributed by atoms with van der Waals surface area (Å²) in [5.41, 5.74) is 0. The van der Waals surface area contributed by atoms with Gasteiger partial charge in [-0.1, -0.05) is 0 Å². The highest BCUT2D eigenvalue weighted by atomic mass is 19.4. The van der Waals surface area contributed by atoms with Crippen LogP contribution in [0.1, 0.15) is 44.9 Å². The maximum Gasteiger partial charge on any atom is 0.391 e. The van der Waals surface area contributed by atoms with Crippen molar-refractivity contribution in [2.24, 2.45) is 11.8 Å². The lowest BCUT2D eigenvalue weighted by Crippen LogP contribution is -2.45. The Balaban J connectivity index is 1.63. The van der Waals surface area contributed by atoms with Crippen molar-refractivity contribution in [1.82, 2.24) is 10.6 Å². The quantitative estimate of drug-likeness (QED) is 0.750. The van der Waals surface area contributed by atoms with Crippen LogP contribution in [0.25, 0.3) is 0 Å². The van der Waals surface area contributed by atoms with Gasteiger partial charge in [0.25, 0.3) is 0 Å². The normalized spacial score (nSPS) is 33.7. The molecule has 0 aromatic heterocycles. The van der Waals surface area contributed by atoms with Gasteiger partial charge in [0.05, 0.1) is 12.0 Å². The lowest BCUT2D eigenvalue weighted by molar-refractivity contribution is -0.182. The van der Waals surface area contributed by atoms with Crippen LogP contribution >= 0.6 is 0 Å². The van der Waals surface area contributed by atoms with E-state index < -0.39 is 12.1 Å². The molecule has 2 atom stereocenters. The van der Waals surface area contributed by atoms with Gasteiger partial charge in [0.1, 0.15) is 0 Å². The van der Waals surface area contributed by atoms with Crippen LogP contribution in [0, 0.1) is 11.8 Å². The zero-order chi connectivity index (χ0) is 15.5. The Hall–Kier alpha value is -0.980. The Labute approximate surface area is 122 Å². The molecule has 2 aliphatic carbocycles. The van der Waals surface area contributed by atoms with Gasteiger partial charge in [0.2, 0.25) is 0 Å². The maximum absolute atomic E-state index is 12.5. The molecule has 0 radical (unpaired) electrons. The second-order valence-electron chi connectivity index (χ2n) is 6.28. The Kier molecular flexibility index (Phi) is 5.35. The molecule has 0 unspecified atom stereocenters. The summed E-state index contributed by atoms with van der Waals surface area (Å²) in [5, 5.41) is 14.9. The highest BCUT2D eigenvalue weighted by Gasteiger charge is 2.41. The molecular formula is C14H23F3N2O2.